The lowest BCUT2D eigenvalue weighted by Crippen LogP contribution is -2.20. The van der Waals surface area contributed by atoms with Crippen LogP contribution in [0, 0.1) is 6.92 Å². The van der Waals surface area contributed by atoms with Gasteiger partial charge in [0.15, 0.2) is 6.61 Å². The molecule has 1 amide bonds. The Kier molecular flexibility index (Phi) is 4.94. The molecule has 0 aliphatic heterocycles. The zero-order valence-electron chi connectivity index (χ0n) is 11.3. The van der Waals surface area contributed by atoms with E-state index >= 15 is 0 Å². The molecule has 4 nitrogen and oxygen atoms in total. The number of hydrogen-bond acceptors (Lipinski definition) is 3. The Morgan fingerprint density at radius 3 is 2.67 bits per heavy atom. The molecule has 0 bridgehead atoms. The third kappa shape index (κ3) is 4.28. The molecular weight excluding hydrogens is 311 g/mol. The molecule has 0 fully saturated rings. The fraction of sp³-hybridized carbons (Fsp3) is 0.133. The van der Waals surface area contributed by atoms with Crippen LogP contribution in [0.1, 0.15) is 5.56 Å². The number of halogens is 2. The number of hydrogen-bond donors (Lipinski definition) is 2. The first-order valence-electron chi connectivity index (χ1n) is 6.19. The third-order valence-corrected chi connectivity index (χ3v) is 3.54. The smallest absolute Gasteiger partial charge is 0.262 e. The predicted molar refractivity (Wildman–Crippen MR) is 86.2 cm³/mol. The Bertz CT molecular complexity index is 675. The molecule has 0 radical (unpaired) electrons. The summed E-state index contributed by atoms with van der Waals surface area (Å²) in [4.78, 5) is 11.9. The summed E-state index contributed by atoms with van der Waals surface area (Å²) < 4.78 is 5.36. The summed E-state index contributed by atoms with van der Waals surface area (Å²) >= 11 is 11.7. The second-order valence-electron chi connectivity index (χ2n) is 4.49. The van der Waals surface area contributed by atoms with Crippen molar-refractivity contribution in [1.29, 1.82) is 0 Å². The normalized spacial score (nSPS) is 10.2. The average molecular weight is 325 g/mol. The van der Waals surface area contributed by atoms with Crippen LogP contribution in [0.3, 0.4) is 0 Å². The number of amides is 1. The van der Waals surface area contributed by atoms with Crippen LogP contribution < -0.4 is 15.8 Å². The Balaban J connectivity index is 1.95. The molecule has 110 valence electrons. The van der Waals surface area contributed by atoms with Gasteiger partial charge in [-0.15, -0.1) is 0 Å². The van der Waals surface area contributed by atoms with Crippen LogP contribution in [0.4, 0.5) is 11.4 Å². The van der Waals surface area contributed by atoms with E-state index in [-0.39, 0.29) is 12.5 Å². The first-order chi connectivity index (χ1) is 9.95. The third-order valence-electron chi connectivity index (χ3n) is 2.80. The van der Waals surface area contributed by atoms with E-state index in [2.05, 4.69) is 5.32 Å². The molecule has 0 unspecified atom stereocenters. The summed E-state index contributed by atoms with van der Waals surface area (Å²) in [6.45, 7) is 1.75. The highest BCUT2D eigenvalue weighted by Gasteiger charge is 2.07. The molecule has 3 N–H and O–H groups in total. The summed E-state index contributed by atoms with van der Waals surface area (Å²) in [6.07, 6.45) is 0. The highest BCUT2D eigenvalue weighted by molar-refractivity contribution is 6.42. The van der Waals surface area contributed by atoms with Gasteiger partial charge in [-0.3, -0.25) is 4.79 Å². The Hall–Kier alpha value is -1.91. The number of rotatable bonds is 4. The van der Waals surface area contributed by atoms with Crippen molar-refractivity contribution in [3.63, 3.8) is 0 Å². The van der Waals surface area contributed by atoms with Gasteiger partial charge in [0.1, 0.15) is 5.75 Å². The predicted octanol–water partition coefficient (Wildman–Crippen LogP) is 3.90. The first-order valence-corrected chi connectivity index (χ1v) is 6.95. The van der Waals surface area contributed by atoms with Gasteiger partial charge in [0, 0.05) is 17.4 Å². The summed E-state index contributed by atoms with van der Waals surface area (Å²) in [5.41, 5.74) is 7.86. The van der Waals surface area contributed by atoms with E-state index in [0.29, 0.717) is 27.2 Å². The number of carbonyl (C=O) groups excluding carboxylic acids is 1. The summed E-state index contributed by atoms with van der Waals surface area (Å²) in [6, 6.07) is 10.1. The Morgan fingerprint density at radius 2 is 1.95 bits per heavy atom. The minimum atomic E-state index is -0.283. The van der Waals surface area contributed by atoms with Crippen molar-refractivity contribution in [3.05, 3.63) is 52.0 Å². The molecule has 2 aromatic rings. The topological polar surface area (TPSA) is 64.3 Å². The van der Waals surface area contributed by atoms with E-state index in [1.165, 1.54) is 0 Å². The highest BCUT2D eigenvalue weighted by atomic mass is 35.5. The fourth-order valence-corrected chi connectivity index (χ4v) is 1.96. The van der Waals surface area contributed by atoms with Gasteiger partial charge in [0.25, 0.3) is 5.91 Å². The van der Waals surface area contributed by atoms with Gasteiger partial charge >= 0.3 is 0 Å². The molecule has 2 aromatic carbocycles. The van der Waals surface area contributed by atoms with Crippen molar-refractivity contribution in [2.45, 2.75) is 6.92 Å². The minimum Gasteiger partial charge on any atom is -0.484 e. The van der Waals surface area contributed by atoms with E-state index in [9.17, 15) is 4.79 Å². The number of nitrogens with two attached hydrogens (primary N) is 1. The zero-order valence-corrected chi connectivity index (χ0v) is 12.8. The maximum Gasteiger partial charge on any atom is 0.262 e. The van der Waals surface area contributed by atoms with Gasteiger partial charge in [-0.1, -0.05) is 29.3 Å². The highest BCUT2D eigenvalue weighted by Crippen LogP contribution is 2.26. The number of aryl methyl sites for hydroxylation is 1. The number of benzene rings is 2. The number of ether oxygens (including phenoxy) is 1. The van der Waals surface area contributed by atoms with Crippen LogP contribution in [0.25, 0.3) is 0 Å². The molecule has 0 spiro atoms. The monoisotopic (exact) mass is 324 g/mol. The van der Waals surface area contributed by atoms with E-state index in [1.54, 1.807) is 30.3 Å². The molecule has 6 heteroatoms. The first kappa shape index (κ1) is 15.5. The molecule has 0 saturated heterocycles. The Labute approximate surface area is 132 Å². The average Bonchev–Trinajstić information content (AvgIpc) is 2.44. The van der Waals surface area contributed by atoms with Gasteiger partial charge in [0.2, 0.25) is 0 Å². The lowest BCUT2D eigenvalue weighted by Gasteiger charge is -2.10. The molecule has 0 aliphatic carbocycles. The van der Waals surface area contributed by atoms with Crippen LogP contribution in [0.2, 0.25) is 10.0 Å². The Morgan fingerprint density at radius 1 is 1.19 bits per heavy atom. The molecular formula is C15H14Cl2N2O2. The number of carbonyl (C=O) groups is 1. The summed E-state index contributed by atoms with van der Waals surface area (Å²) in [7, 11) is 0. The SMILES string of the molecule is Cc1ccc(N)cc1NC(=O)COc1ccc(Cl)c(Cl)c1. The number of nitrogens with one attached hydrogen (secondary N) is 1. The van der Waals surface area contributed by atoms with Crippen molar-refractivity contribution < 1.29 is 9.53 Å². The second kappa shape index (κ2) is 6.70. The molecule has 0 heterocycles. The number of anilines is 2. The van der Waals surface area contributed by atoms with Gasteiger partial charge in [-0.2, -0.15) is 0 Å². The van der Waals surface area contributed by atoms with Crippen molar-refractivity contribution in [3.8, 4) is 5.75 Å². The molecule has 0 saturated carbocycles. The maximum atomic E-state index is 11.9. The van der Waals surface area contributed by atoms with Gasteiger partial charge in [-0.25, -0.2) is 0 Å². The lowest BCUT2D eigenvalue weighted by molar-refractivity contribution is -0.118. The van der Waals surface area contributed by atoms with Crippen LogP contribution in [-0.2, 0) is 4.79 Å². The second-order valence-corrected chi connectivity index (χ2v) is 5.30. The molecule has 2 rings (SSSR count). The number of nitrogen functional groups attached to an aromatic ring is 1. The van der Waals surface area contributed by atoms with Crippen molar-refractivity contribution in [2.75, 3.05) is 17.7 Å². The van der Waals surface area contributed by atoms with Crippen LogP contribution >= 0.6 is 23.2 Å². The van der Waals surface area contributed by atoms with E-state index in [0.717, 1.165) is 5.56 Å². The van der Waals surface area contributed by atoms with Crippen LogP contribution in [-0.4, -0.2) is 12.5 Å². The van der Waals surface area contributed by atoms with E-state index in [1.807, 2.05) is 13.0 Å². The van der Waals surface area contributed by atoms with E-state index < -0.39 is 0 Å². The minimum absolute atomic E-state index is 0.133. The van der Waals surface area contributed by atoms with E-state index in [4.69, 9.17) is 33.7 Å². The van der Waals surface area contributed by atoms with Crippen molar-refractivity contribution in [2.24, 2.45) is 0 Å². The van der Waals surface area contributed by atoms with Gasteiger partial charge < -0.3 is 15.8 Å². The molecule has 0 aromatic heterocycles. The molecule has 0 atom stereocenters. The van der Waals surface area contributed by atoms with Crippen LogP contribution in [0.5, 0.6) is 5.75 Å². The summed E-state index contributed by atoms with van der Waals surface area (Å²) in [5.74, 6) is 0.193. The van der Waals surface area contributed by atoms with Gasteiger partial charge in [0.05, 0.1) is 10.0 Å². The quantitative estimate of drug-likeness (QED) is 0.838. The maximum absolute atomic E-state index is 11.9. The van der Waals surface area contributed by atoms with Crippen LogP contribution in [0.15, 0.2) is 36.4 Å². The van der Waals surface area contributed by atoms with Crippen molar-refractivity contribution >= 4 is 40.5 Å². The summed E-state index contributed by atoms with van der Waals surface area (Å²) in [5, 5.41) is 3.55. The van der Waals surface area contributed by atoms with Crippen molar-refractivity contribution in [1.82, 2.24) is 0 Å². The lowest BCUT2D eigenvalue weighted by atomic mass is 10.2. The fourth-order valence-electron chi connectivity index (χ4n) is 1.68. The largest absolute Gasteiger partial charge is 0.484 e. The standard InChI is InChI=1S/C15H14Cl2N2O2/c1-9-2-3-10(18)6-14(9)19-15(20)8-21-11-4-5-12(16)13(17)7-11/h2-7H,8,18H2,1H3,(H,19,20). The van der Waals surface area contributed by atoms with Gasteiger partial charge in [-0.05, 0) is 36.8 Å². The zero-order chi connectivity index (χ0) is 15.4. The molecule has 21 heavy (non-hydrogen) atoms. The molecule has 0 aliphatic rings.